The second-order valence-corrected chi connectivity index (χ2v) is 6.69. The van der Waals surface area contributed by atoms with E-state index in [1.807, 2.05) is 0 Å². The Morgan fingerprint density at radius 2 is 2.22 bits per heavy atom. The number of rotatable bonds is 2. The van der Waals surface area contributed by atoms with Crippen molar-refractivity contribution in [1.29, 1.82) is 0 Å². The number of aryl methyl sites for hydroxylation is 1. The molecule has 1 aliphatic rings. The number of carbonyl (C=O) groups excluding carboxylic acids is 1. The summed E-state index contributed by atoms with van der Waals surface area (Å²) < 4.78 is 38.8. The van der Waals surface area contributed by atoms with E-state index in [0.29, 0.717) is 17.2 Å². The molecule has 1 atom stereocenters. The highest BCUT2D eigenvalue weighted by Gasteiger charge is 2.35. The van der Waals surface area contributed by atoms with Crippen LogP contribution in [0.15, 0.2) is 18.5 Å². The summed E-state index contributed by atoms with van der Waals surface area (Å²) in [6, 6.07) is 1.06. The molecule has 2 aromatic heterocycles. The molecule has 0 aliphatic heterocycles. The zero-order valence-corrected chi connectivity index (χ0v) is 13.1. The number of halogens is 3. The number of pyridine rings is 1. The summed E-state index contributed by atoms with van der Waals surface area (Å²) in [5, 5.41) is 2.83. The second-order valence-electron chi connectivity index (χ2n) is 5.61. The van der Waals surface area contributed by atoms with Gasteiger partial charge in [0.15, 0.2) is 5.13 Å². The molecule has 3 rings (SSSR count). The summed E-state index contributed by atoms with van der Waals surface area (Å²) in [4.78, 5) is 21.1. The highest BCUT2D eigenvalue weighted by atomic mass is 32.1. The van der Waals surface area contributed by atoms with Crippen LogP contribution in [0.3, 0.4) is 0 Å². The summed E-state index contributed by atoms with van der Waals surface area (Å²) in [7, 11) is 0. The topological polar surface area (TPSA) is 54.9 Å². The van der Waals surface area contributed by atoms with Crippen LogP contribution in [0.5, 0.6) is 0 Å². The highest BCUT2D eigenvalue weighted by Crippen LogP contribution is 2.34. The Labute approximate surface area is 134 Å². The number of hydrogen-bond acceptors (Lipinski definition) is 4. The molecule has 0 fully saturated rings. The van der Waals surface area contributed by atoms with Crippen molar-refractivity contribution < 1.29 is 18.0 Å². The third kappa shape index (κ3) is 3.36. The van der Waals surface area contributed by atoms with Gasteiger partial charge in [0.25, 0.3) is 5.91 Å². The van der Waals surface area contributed by atoms with E-state index in [-0.39, 0.29) is 0 Å². The summed E-state index contributed by atoms with van der Waals surface area (Å²) in [5.41, 5.74) is -0.560. The molecule has 2 heterocycles. The first-order valence-corrected chi connectivity index (χ1v) is 7.97. The van der Waals surface area contributed by atoms with Gasteiger partial charge < -0.3 is 0 Å². The lowest BCUT2D eigenvalue weighted by molar-refractivity contribution is -0.138. The van der Waals surface area contributed by atoms with Gasteiger partial charge in [-0.05, 0) is 31.2 Å². The van der Waals surface area contributed by atoms with Crippen LogP contribution in [-0.2, 0) is 19.0 Å². The number of nitrogens with one attached hydrogen (secondary N) is 1. The Balaban J connectivity index is 1.83. The van der Waals surface area contributed by atoms with Crippen LogP contribution in [0.4, 0.5) is 18.3 Å². The third-order valence-electron chi connectivity index (χ3n) is 3.78. The van der Waals surface area contributed by atoms with Crippen molar-refractivity contribution in [3.8, 4) is 0 Å². The number of thiazole rings is 1. The molecule has 23 heavy (non-hydrogen) atoms. The molecular formula is C15H14F3N3OS. The molecule has 0 saturated heterocycles. The first-order valence-electron chi connectivity index (χ1n) is 7.15. The van der Waals surface area contributed by atoms with E-state index in [1.165, 1.54) is 17.5 Å². The van der Waals surface area contributed by atoms with Gasteiger partial charge in [-0.25, -0.2) is 4.98 Å². The Morgan fingerprint density at radius 3 is 2.96 bits per heavy atom. The molecule has 4 nitrogen and oxygen atoms in total. The summed E-state index contributed by atoms with van der Waals surface area (Å²) in [6.07, 6.45) is -0.0365. The Hall–Kier alpha value is -1.96. The summed E-state index contributed by atoms with van der Waals surface area (Å²) in [5.74, 6) is -0.262. The molecule has 0 aromatic carbocycles. The predicted octanol–water partition coefficient (Wildman–Crippen LogP) is 3.93. The smallest absolute Gasteiger partial charge is 0.298 e. The number of carbonyl (C=O) groups is 1. The van der Waals surface area contributed by atoms with Gasteiger partial charge in [-0.1, -0.05) is 6.92 Å². The van der Waals surface area contributed by atoms with Crippen LogP contribution in [0, 0.1) is 5.92 Å². The molecule has 8 heteroatoms. The minimum Gasteiger partial charge on any atom is -0.298 e. The van der Waals surface area contributed by atoms with Crippen molar-refractivity contribution in [3.05, 3.63) is 40.2 Å². The summed E-state index contributed by atoms with van der Waals surface area (Å²) in [6.45, 7) is 2.15. The van der Waals surface area contributed by atoms with Gasteiger partial charge in [-0.3, -0.25) is 15.1 Å². The molecule has 1 N–H and O–H groups in total. The molecule has 1 amide bonds. The van der Waals surface area contributed by atoms with Crippen molar-refractivity contribution in [2.24, 2.45) is 5.92 Å². The largest absolute Gasteiger partial charge is 0.418 e. The van der Waals surface area contributed by atoms with Gasteiger partial charge in [0.05, 0.1) is 16.8 Å². The van der Waals surface area contributed by atoms with Crippen LogP contribution < -0.4 is 5.32 Å². The SMILES string of the molecule is C[C@H]1CCc2nc(NC(=O)c3ccncc3C(F)(F)F)sc2C1. The van der Waals surface area contributed by atoms with Crippen molar-refractivity contribution in [2.75, 3.05) is 5.32 Å². The fourth-order valence-corrected chi connectivity index (χ4v) is 3.74. The number of hydrogen-bond donors (Lipinski definition) is 1. The van der Waals surface area contributed by atoms with Crippen LogP contribution >= 0.6 is 11.3 Å². The van der Waals surface area contributed by atoms with Crippen LogP contribution in [0.25, 0.3) is 0 Å². The Kier molecular flexibility index (Phi) is 4.09. The molecule has 0 bridgehead atoms. The molecule has 2 aromatic rings. The maximum atomic E-state index is 12.9. The van der Waals surface area contributed by atoms with Gasteiger partial charge in [0, 0.05) is 17.3 Å². The second kappa shape index (κ2) is 5.92. The standard InChI is InChI=1S/C15H14F3N3OS/c1-8-2-3-11-12(6-8)23-14(20-11)21-13(22)9-4-5-19-7-10(9)15(16,17)18/h4-5,7-8H,2-3,6H2,1H3,(H,20,21,22)/t8-/m0/s1. The van der Waals surface area contributed by atoms with E-state index in [4.69, 9.17) is 0 Å². The fourth-order valence-electron chi connectivity index (χ4n) is 2.58. The molecule has 122 valence electrons. The minimum atomic E-state index is -4.63. The number of anilines is 1. The quantitative estimate of drug-likeness (QED) is 0.900. The zero-order chi connectivity index (χ0) is 16.6. The van der Waals surface area contributed by atoms with Crippen molar-refractivity contribution in [3.63, 3.8) is 0 Å². The van der Waals surface area contributed by atoms with Crippen LogP contribution in [-0.4, -0.2) is 15.9 Å². The molecule has 0 radical (unpaired) electrons. The average molecular weight is 341 g/mol. The zero-order valence-electron chi connectivity index (χ0n) is 12.3. The van der Waals surface area contributed by atoms with E-state index in [1.54, 1.807) is 0 Å². The van der Waals surface area contributed by atoms with Gasteiger partial charge in [-0.15, -0.1) is 11.3 Å². The van der Waals surface area contributed by atoms with Gasteiger partial charge in [0.1, 0.15) is 0 Å². The number of alkyl halides is 3. The predicted molar refractivity (Wildman–Crippen MR) is 80.5 cm³/mol. The first kappa shape index (κ1) is 15.9. The molecule has 0 unspecified atom stereocenters. The third-order valence-corrected chi connectivity index (χ3v) is 4.81. The Morgan fingerprint density at radius 1 is 1.43 bits per heavy atom. The van der Waals surface area contributed by atoms with Gasteiger partial charge in [0.2, 0.25) is 0 Å². The van der Waals surface area contributed by atoms with E-state index >= 15 is 0 Å². The maximum absolute atomic E-state index is 12.9. The maximum Gasteiger partial charge on any atom is 0.418 e. The molecular weight excluding hydrogens is 327 g/mol. The average Bonchev–Trinajstić information content (AvgIpc) is 2.87. The minimum absolute atomic E-state index is 0.346. The van der Waals surface area contributed by atoms with E-state index in [2.05, 4.69) is 22.2 Å². The lowest BCUT2D eigenvalue weighted by Crippen LogP contribution is -2.19. The van der Waals surface area contributed by atoms with E-state index in [9.17, 15) is 18.0 Å². The van der Waals surface area contributed by atoms with Crippen LogP contribution in [0.1, 0.15) is 39.8 Å². The van der Waals surface area contributed by atoms with Crippen molar-refractivity contribution >= 4 is 22.4 Å². The van der Waals surface area contributed by atoms with Crippen LogP contribution in [0.2, 0.25) is 0 Å². The lowest BCUT2D eigenvalue weighted by atomic mass is 9.93. The number of nitrogens with zero attached hydrogens (tertiary/aromatic N) is 2. The normalized spacial score (nSPS) is 17.7. The van der Waals surface area contributed by atoms with E-state index in [0.717, 1.165) is 35.9 Å². The molecule has 0 saturated carbocycles. The fraction of sp³-hybridized carbons (Fsp3) is 0.400. The number of fused-ring (bicyclic) bond motifs is 1. The van der Waals surface area contributed by atoms with Crippen molar-refractivity contribution in [2.45, 2.75) is 32.4 Å². The monoisotopic (exact) mass is 341 g/mol. The highest BCUT2D eigenvalue weighted by molar-refractivity contribution is 7.15. The van der Waals surface area contributed by atoms with E-state index < -0.39 is 23.2 Å². The summed E-state index contributed by atoms with van der Waals surface area (Å²) >= 11 is 1.34. The Bertz CT molecular complexity index is 742. The first-order chi connectivity index (χ1) is 10.8. The number of aromatic nitrogens is 2. The molecule has 0 spiro atoms. The van der Waals surface area contributed by atoms with Crippen molar-refractivity contribution in [1.82, 2.24) is 9.97 Å². The molecule has 1 aliphatic carbocycles. The van der Waals surface area contributed by atoms with Gasteiger partial charge in [-0.2, -0.15) is 13.2 Å². The number of amides is 1. The van der Waals surface area contributed by atoms with Gasteiger partial charge >= 0.3 is 6.18 Å². The lowest BCUT2D eigenvalue weighted by Gasteiger charge is -2.15.